The molecule has 14 heavy (non-hydrogen) atoms. The summed E-state index contributed by atoms with van der Waals surface area (Å²) in [5.74, 6) is 5.66. The van der Waals surface area contributed by atoms with Crippen LogP contribution >= 0.6 is 24.0 Å². The molecule has 0 fully saturated rings. The van der Waals surface area contributed by atoms with Gasteiger partial charge in [-0.3, -0.25) is 0 Å². The maximum absolute atomic E-state index is 5.71. The lowest BCUT2D eigenvalue weighted by molar-refractivity contribution is 0.0589. The van der Waals surface area contributed by atoms with E-state index in [0.29, 0.717) is 11.6 Å². The second-order valence-corrected chi connectivity index (χ2v) is 3.15. The van der Waals surface area contributed by atoms with Crippen molar-refractivity contribution in [3.8, 4) is 5.75 Å². The molecular formula is C9H13Cl2NO2. The van der Waals surface area contributed by atoms with Gasteiger partial charge in [-0.1, -0.05) is 11.6 Å². The van der Waals surface area contributed by atoms with Crippen LogP contribution in [0.3, 0.4) is 0 Å². The highest BCUT2D eigenvalue weighted by Gasteiger charge is 2.02. The molecule has 0 aliphatic heterocycles. The van der Waals surface area contributed by atoms with Crippen LogP contribution in [-0.2, 0) is 4.84 Å². The molecule has 80 valence electrons. The quantitative estimate of drug-likeness (QED) is 0.819. The lowest BCUT2D eigenvalue weighted by Gasteiger charge is -2.12. The SMILES string of the molecule is C[C@H](CON)Oc1ccc(Cl)cc1.Cl. The molecule has 1 aromatic rings. The van der Waals surface area contributed by atoms with Crippen LogP contribution in [0.5, 0.6) is 5.75 Å². The fourth-order valence-electron chi connectivity index (χ4n) is 0.915. The van der Waals surface area contributed by atoms with Crippen LogP contribution in [0.25, 0.3) is 0 Å². The smallest absolute Gasteiger partial charge is 0.121 e. The van der Waals surface area contributed by atoms with Crippen molar-refractivity contribution in [3.05, 3.63) is 29.3 Å². The minimum absolute atomic E-state index is 0. The molecule has 0 heterocycles. The van der Waals surface area contributed by atoms with Crippen molar-refractivity contribution in [2.75, 3.05) is 6.61 Å². The summed E-state index contributed by atoms with van der Waals surface area (Å²) in [5, 5.41) is 0.690. The number of halogens is 2. The van der Waals surface area contributed by atoms with Crippen molar-refractivity contribution in [2.45, 2.75) is 13.0 Å². The number of rotatable bonds is 4. The summed E-state index contributed by atoms with van der Waals surface area (Å²) < 4.78 is 5.45. The number of benzene rings is 1. The average molecular weight is 238 g/mol. The van der Waals surface area contributed by atoms with Gasteiger partial charge >= 0.3 is 0 Å². The van der Waals surface area contributed by atoms with Gasteiger partial charge in [0.1, 0.15) is 18.5 Å². The third kappa shape index (κ3) is 4.67. The molecular weight excluding hydrogens is 225 g/mol. The molecule has 0 amide bonds. The number of ether oxygens (including phenoxy) is 1. The van der Waals surface area contributed by atoms with Crippen molar-refractivity contribution in [1.82, 2.24) is 0 Å². The minimum Gasteiger partial charge on any atom is -0.488 e. The molecule has 1 atom stereocenters. The summed E-state index contributed by atoms with van der Waals surface area (Å²) in [6.45, 7) is 2.24. The summed E-state index contributed by atoms with van der Waals surface area (Å²) in [5.41, 5.74) is 0. The first-order valence-corrected chi connectivity index (χ1v) is 4.34. The number of hydrogen-bond acceptors (Lipinski definition) is 3. The van der Waals surface area contributed by atoms with Crippen LogP contribution in [0, 0.1) is 0 Å². The Morgan fingerprint density at radius 3 is 2.43 bits per heavy atom. The summed E-state index contributed by atoms with van der Waals surface area (Å²) in [6, 6.07) is 7.14. The van der Waals surface area contributed by atoms with E-state index in [2.05, 4.69) is 4.84 Å². The molecule has 3 nitrogen and oxygen atoms in total. The molecule has 0 aromatic heterocycles. The third-order valence-corrected chi connectivity index (χ3v) is 1.73. The topological polar surface area (TPSA) is 44.5 Å². The monoisotopic (exact) mass is 237 g/mol. The Bertz CT molecular complexity index is 253. The zero-order valence-corrected chi connectivity index (χ0v) is 9.35. The van der Waals surface area contributed by atoms with E-state index in [9.17, 15) is 0 Å². The van der Waals surface area contributed by atoms with E-state index >= 15 is 0 Å². The van der Waals surface area contributed by atoms with Crippen molar-refractivity contribution in [2.24, 2.45) is 5.90 Å². The van der Waals surface area contributed by atoms with Gasteiger partial charge in [-0.2, -0.15) is 0 Å². The van der Waals surface area contributed by atoms with Crippen LogP contribution in [0.1, 0.15) is 6.92 Å². The van der Waals surface area contributed by atoms with E-state index in [1.54, 1.807) is 24.3 Å². The Hall–Kier alpha value is -0.480. The second kappa shape index (κ2) is 6.90. The summed E-state index contributed by atoms with van der Waals surface area (Å²) in [6.07, 6.45) is -0.0637. The third-order valence-electron chi connectivity index (χ3n) is 1.48. The van der Waals surface area contributed by atoms with Gasteiger partial charge in [0.05, 0.1) is 0 Å². The molecule has 5 heteroatoms. The lowest BCUT2D eigenvalue weighted by atomic mass is 10.3. The molecule has 0 radical (unpaired) electrons. The standard InChI is InChI=1S/C9H12ClNO2.ClH/c1-7(6-12-11)13-9-4-2-8(10)3-5-9;/h2-5,7H,6,11H2,1H3;1H/t7-;/m1./s1. The summed E-state index contributed by atoms with van der Waals surface area (Å²) in [4.78, 5) is 4.45. The maximum Gasteiger partial charge on any atom is 0.121 e. The van der Waals surface area contributed by atoms with Crippen LogP contribution in [0.15, 0.2) is 24.3 Å². The van der Waals surface area contributed by atoms with E-state index in [1.807, 2.05) is 6.92 Å². The van der Waals surface area contributed by atoms with Crippen molar-refractivity contribution >= 4 is 24.0 Å². The molecule has 1 aromatic carbocycles. The first kappa shape index (κ1) is 13.5. The Labute approximate surface area is 94.5 Å². The predicted octanol–water partition coefficient (Wildman–Crippen LogP) is 2.42. The Kier molecular flexibility index (Phi) is 6.66. The molecule has 0 bridgehead atoms. The van der Waals surface area contributed by atoms with Gasteiger partial charge < -0.3 is 9.57 Å². The largest absolute Gasteiger partial charge is 0.488 e. The minimum atomic E-state index is -0.0637. The highest BCUT2D eigenvalue weighted by Crippen LogP contribution is 2.16. The number of nitrogens with two attached hydrogens (primary N) is 1. The van der Waals surface area contributed by atoms with Crippen molar-refractivity contribution < 1.29 is 9.57 Å². The van der Waals surface area contributed by atoms with E-state index < -0.39 is 0 Å². The predicted molar refractivity (Wildman–Crippen MR) is 58.9 cm³/mol. The van der Waals surface area contributed by atoms with E-state index in [1.165, 1.54) is 0 Å². The fourth-order valence-corrected chi connectivity index (χ4v) is 1.04. The maximum atomic E-state index is 5.71. The summed E-state index contributed by atoms with van der Waals surface area (Å²) in [7, 11) is 0. The Morgan fingerprint density at radius 2 is 1.93 bits per heavy atom. The molecule has 0 saturated carbocycles. The molecule has 0 aliphatic rings. The van der Waals surface area contributed by atoms with E-state index in [-0.39, 0.29) is 18.5 Å². The highest BCUT2D eigenvalue weighted by atomic mass is 35.5. The Balaban J connectivity index is 0.00000169. The van der Waals surface area contributed by atoms with Gasteiger partial charge in [0.2, 0.25) is 0 Å². The van der Waals surface area contributed by atoms with E-state index in [0.717, 1.165) is 5.75 Å². The first-order valence-electron chi connectivity index (χ1n) is 3.96. The van der Waals surface area contributed by atoms with Gasteiger partial charge in [0.15, 0.2) is 0 Å². The molecule has 1 rings (SSSR count). The summed E-state index contributed by atoms with van der Waals surface area (Å²) >= 11 is 5.71. The van der Waals surface area contributed by atoms with Crippen LogP contribution in [0.2, 0.25) is 5.02 Å². The Morgan fingerprint density at radius 1 is 1.36 bits per heavy atom. The number of hydrogen-bond donors (Lipinski definition) is 1. The first-order chi connectivity index (χ1) is 6.22. The van der Waals surface area contributed by atoms with Gasteiger partial charge in [0.25, 0.3) is 0 Å². The van der Waals surface area contributed by atoms with Gasteiger partial charge in [-0.05, 0) is 31.2 Å². The van der Waals surface area contributed by atoms with Gasteiger partial charge in [-0.15, -0.1) is 12.4 Å². The normalized spacial score (nSPS) is 11.6. The zero-order valence-electron chi connectivity index (χ0n) is 7.77. The second-order valence-electron chi connectivity index (χ2n) is 2.72. The lowest BCUT2D eigenvalue weighted by Crippen LogP contribution is -2.21. The molecule has 0 spiro atoms. The van der Waals surface area contributed by atoms with Crippen LogP contribution in [0.4, 0.5) is 0 Å². The van der Waals surface area contributed by atoms with Crippen molar-refractivity contribution in [3.63, 3.8) is 0 Å². The molecule has 2 N–H and O–H groups in total. The highest BCUT2D eigenvalue weighted by molar-refractivity contribution is 6.30. The van der Waals surface area contributed by atoms with E-state index in [4.69, 9.17) is 22.2 Å². The van der Waals surface area contributed by atoms with Crippen LogP contribution < -0.4 is 10.6 Å². The van der Waals surface area contributed by atoms with Crippen LogP contribution in [-0.4, -0.2) is 12.7 Å². The molecule has 0 unspecified atom stereocenters. The van der Waals surface area contributed by atoms with Crippen molar-refractivity contribution in [1.29, 1.82) is 0 Å². The van der Waals surface area contributed by atoms with Gasteiger partial charge in [-0.25, -0.2) is 5.90 Å². The fraction of sp³-hybridized carbons (Fsp3) is 0.333. The van der Waals surface area contributed by atoms with Gasteiger partial charge in [0, 0.05) is 5.02 Å². The zero-order chi connectivity index (χ0) is 9.68. The average Bonchev–Trinajstić information content (AvgIpc) is 2.09. The molecule has 0 saturated heterocycles. The molecule has 0 aliphatic carbocycles.